The molecule has 4 N–H and O–H groups in total. The summed E-state index contributed by atoms with van der Waals surface area (Å²) in [5.41, 5.74) is 7.06. The summed E-state index contributed by atoms with van der Waals surface area (Å²) in [6.07, 6.45) is 4.61. The number of nitrogens with zero attached hydrogens (tertiary/aromatic N) is 3. The number of esters is 1. The van der Waals surface area contributed by atoms with E-state index in [2.05, 4.69) is 14.6 Å². The standard InChI is InChI=1S/C22H28N6O4S.2ClH/c1-32-20(29)22(7-12-27(13-8-22)18-4-9-25-10-5-18)26-33(30,31)19-3-2-16-6-11-28(21(23)24)15-17(16)14-19;;/h2-5,9-10,14,26H,6-8,11-13,15H2,1H3,(H3,23,24);2*1H. The second-order valence-electron chi connectivity index (χ2n) is 8.36. The lowest BCUT2D eigenvalue weighted by molar-refractivity contribution is -0.148. The number of fused-ring (bicyclic) bond motifs is 1. The highest BCUT2D eigenvalue weighted by Gasteiger charge is 2.46. The van der Waals surface area contributed by atoms with Crippen LogP contribution < -0.4 is 15.4 Å². The van der Waals surface area contributed by atoms with Gasteiger partial charge in [0.2, 0.25) is 10.0 Å². The largest absolute Gasteiger partial charge is 0.468 e. The van der Waals surface area contributed by atoms with E-state index in [0.29, 0.717) is 32.6 Å². The van der Waals surface area contributed by atoms with Gasteiger partial charge >= 0.3 is 5.97 Å². The smallest absolute Gasteiger partial charge is 0.327 e. The van der Waals surface area contributed by atoms with E-state index in [1.807, 2.05) is 12.1 Å². The first-order chi connectivity index (χ1) is 15.7. The first-order valence-corrected chi connectivity index (χ1v) is 12.2. The van der Waals surface area contributed by atoms with Crippen molar-refractivity contribution in [2.24, 2.45) is 5.73 Å². The Labute approximate surface area is 217 Å². The number of pyridine rings is 1. The fourth-order valence-corrected chi connectivity index (χ4v) is 5.93. The molecule has 192 valence electrons. The van der Waals surface area contributed by atoms with Crippen LogP contribution in [0.3, 0.4) is 0 Å². The molecule has 1 fully saturated rings. The Morgan fingerprint density at radius 1 is 1.11 bits per heavy atom. The molecule has 4 rings (SSSR count). The van der Waals surface area contributed by atoms with Gasteiger partial charge in [-0.1, -0.05) is 6.07 Å². The fourth-order valence-electron chi connectivity index (χ4n) is 4.47. The van der Waals surface area contributed by atoms with Gasteiger partial charge in [0.1, 0.15) is 5.54 Å². The third-order valence-corrected chi connectivity index (χ3v) is 7.93. The summed E-state index contributed by atoms with van der Waals surface area (Å²) in [5, 5.41) is 7.66. The third kappa shape index (κ3) is 5.97. The molecule has 0 unspecified atom stereocenters. The molecule has 0 aliphatic carbocycles. The summed E-state index contributed by atoms with van der Waals surface area (Å²) >= 11 is 0. The SMILES string of the molecule is COC(=O)C1(NS(=O)(=O)c2ccc3c(c2)CN(C(=N)N)CC3)CCN(c2ccncc2)CC1.Cl.Cl. The molecule has 13 heteroatoms. The number of methoxy groups -OCH3 is 1. The first-order valence-electron chi connectivity index (χ1n) is 10.7. The highest BCUT2D eigenvalue weighted by atomic mass is 35.5. The number of piperidine rings is 1. The molecule has 35 heavy (non-hydrogen) atoms. The van der Waals surface area contributed by atoms with Crippen LogP contribution in [0.25, 0.3) is 0 Å². The number of hydrogen-bond donors (Lipinski definition) is 3. The summed E-state index contributed by atoms with van der Waals surface area (Å²) in [7, 11) is -2.74. The zero-order chi connectivity index (χ0) is 23.6. The van der Waals surface area contributed by atoms with Crippen molar-refractivity contribution < 1.29 is 17.9 Å². The molecule has 0 radical (unpaired) electrons. The van der Waals surface area contributed by atoms with E-state index >= 15 is 0 Å². The lowest BCUT2D eigenvalue weighted by atomic mass is 9.88. The summed E-state index contributed by atoms with van der Waals surface area (Å²) in [6, 6.07) is 8.71. The lowest BCUT2D eigenvalue weighted by Crippen LogP contribution is -2.60. The topological polar surface area (TPSA) is 142 Å². The van der Waals surface area contributed by atoms with Crippen LogP contribution in [0.4, 0.5) is 5.69 Å². The highest BCUT2D eigenvalue weighted by Crippen LogP contribution is 2.30. The van der Waals surface area contributed by atoms with Crippen LogP contribution in [0.5, 0.6) is 0 Å². The predicted molar refractivity (Wildman–Crippen MR) is 138 cm³/mol. The Bertz CT molecular complexity index is 1160. The number of carbonyl (C=O) groups is 1. The number of ether oxygens (including phenoxy) is 1. The van der Waals surface area contributed by atoms with Crippen LogP contribution in [0.1, 0.15) is 24.0 Å². The number of hydrogen-bond acceptors (Lipinski definition) is 7. The maximum absolute atomic E-state index is 13.4. The summed E-state index contributed by atoms with van der Waals surface area (Å²) in [6.45, 7) is 1.96. The summed E-state index contributed by atoms with van der Waals surface area (Å²) in [4.78, 5) is 20.6. The third-order valence-electron chi connectivity index (χ3n) is 6.39. The van der Waals surface area contributed by atoms with Gasteiger partial charge < -0.3 is 20.3 Å². The minimum atomic E-state index is -4.01. The van der Waals surface area contributed by atoms with Crippen LogP contribution >= 0.6 is 24.8 Å². The van der Waals surface area contributed by atoms with E-state index in [-0.39, 0.29) is 48.5 Å². The molecule has 0 spiro atoms. The zero-order valence-electron chi connectivity index (χ0n) is 19.3. The van der Waals surface area contributed by atoms with Crippen LogP contribution in [0.2, 0.25) is 0 Å². The van der Waals surface area contributed by atoms with Gasteiger partial charge in [-0.05, 0) is 54.7 Å². The molecule has 3 heterocycles. The molecule has 2 aliphatic heterocycles. The Hall–Kier alpha value is -2.60. The molecule has 1 saturated heterocycles. The Morgan fingerprint density at radius 2 is 1.77 bits per heavy atom. The van der Waals surface area contributed by atoms with Crippen LogP contribution in [0, 0.1) is 5.41 Å². The van der Waals surface area contributed by atoms with E-state index in [1.54, 1.807) is 35.5 Å². The number of anilines is 1. The van der Waals surface area contributed by atoms with E-state index in [4.69, 9.17) is 15.9 Å². The molecule has 0 saturated carbocycles. The molecule has 0 bridgehead atoms. The number of halogens is 2. The molecule has 1 aromatic carbocycles. The van der Waals surface area contributed by atoms with Crippen LogP contribution in [-0.2, 0) is 32.5 Å². The monoisotopic (exact) mass is 544 g/mol. The Kier molecular flexibility index (Phi) is 9.35. The number of nitrogens with one attached hydrogen (secondary N) is 2. The molecule has 2 aromatic rings. The number of guanidine groups is 1. The van der Waals surface area contributed by atoms with Crippen molar-refractivity contribution in [3.63, 3.8) is 0 Å². The Balaban J connectivity index is 0.00000216. The van der Waals surface area contributed by atoms with Crippen molar-refractivity contribution in [1.82, 2.24) is 14.6 Å². The lowest BCUT2D eigenvalue weighted by Gasteiger charge is -2.40. The van der Waals surface area contributed by atoms with Crippen molar-refractivity contribution in [1.29, 1.82) is 5.41 Å². The molecule has 1 aromatic heterocycles. The summed E-state index contributed by atoms with van der Waals surface area (Å²) < 4.78 is 34.4. The van der Waals surface area contributed by atoms with Gasteiger partial charge in [0.15, 0.2) is 5.96 Å². The van der Waals surface area contributed by atoms with E-state index in [9.17, 15) is 13.2 Å². The second kappa shape index (κ2) is 11.4. The normalized spacial score (nSPS) is 16.8. The van der Waals surface area contributed by atoms with Gasteiger partial charge in [-0.25, -0.2) is 8.42 Å². The molecule has 0 amide bonds. The van der Waals surface area contributed by atoms with Gasteiger partial charge in [0.05, 0.1) is 12.0 Å². The van der Waals surface area contributed by atoms with E-state index < -0.39 is 21.5 Å². The number of carbonyl (C=O) groups excluding carboxylic acids is 1. The van der Waals surface area contributed by atoms with Gasteiger partial charge in [-0.3, -0.25) is 15.2 Å². The van der Waals surface area contributed by atoms with Crippen molar-refractivity contribution in [3.05, 3.63) is 53.9 Å². The van der Waals surface area contributed by atoms with Gasteiger partial charge in [0, 0.05) is 44.3 Å². The van der Waals surface area contributed by atoms with Crippen molar-refractivity contribution in [2.75, 3.05) is 31.6 Å². The average molecular weight is 545 g/mol. The quantitative estimate of drug-likeness (QED) is 0.293. The average Bonchev–Trinajstić information content (AvgIpc) is 2.83. The van der Waals surface area contributed by atoms with E-state index in [1.165, 1.54) is 7.11 Å². The van der Waals surface area contributed by atoms with Crippen molar-refractivity contribution in [3.8, 4) is 0 Å². The van der Waals surface area contributed by atoms with Crippen molar-refractivity contribution >= 4 is 52.5 Å². The van der Waals surface area contributed by atoms with E-state index in [0.717, 1.165) is 16.8 Å². The minimum absolute atomic E-state index is 0. The maximum atomic E-state index is 13.4. The van der Waals surface area contributed by atoms with Gasteiger partial charge in [-0.15, -0.1) is 24.8 Å². The van der Waals surface area contributed by atoms with Crippen LogP contribution in [0.15, 0.2) is 47.6 Å². The van der Waals surface area contributed by atoms with Crippen LogP contribution in [-0.4, -0.2) is 62.5 Å². The zero-order valence-corrected chi connectivity index (χ0v) is 21.7. The minimum Gasteiger partial charge on any atom is -0.468 e. The summed E-state index contributed by atoms with van der Waals surface area (Å²) in [5.74, 6) is -0.640. The number of sulfonamides is 1. The molecule has 2 aliphatic rings. The van der Waals surface area contributed by atoms with Crippen molar-refractivity contribution in [2.45, 2.75) is 36.2 Å². The first kappa shape index (κ1) is 28.6. The molecular weight excluding hydrogens is 515 g/mol. The number of rotatable bonds is 5. The molecular formula is C22H30Cl2N6O4S. The molecule has 10 nitrogen and oxygen atoms in total. The number of benzene rings is 1. The Morgan fingerprint density at radius 3 is 2.37 bits per heavy atom. The maximum Gasteiger partial charge on any atom is 0.327 e. The highest BCUT2D eigenvalue weighted by molar-refractivity contribution is 7.89. The second-order valence-corrected chi connectivity index (χ2v) is 10.0. The fraction of sp³-hybridized carbons (Fsp3) is 0.409. The van der Waals surface area contributed by atoms with Gasteiger partial charge in [0.25, 0.3) is 0 Å². The predicted octanol–water partition coefficient (Wildman–Crippen LogP) is 1.67. The number of aromatic nitrogens is 1. The molecule has 0 atom stereocenters. The number of nitrogens with two attached hydrogens (primary N) is 1. The van der Waals surface area contributed by atoms with Gasteiger partial charge in [-0.2, -0.15) is 4.72 Å².